The molecule has 0 aliphatic heterocycles. The van der Waals surface area contributed by atoms with Gasteiger partial charge in [0.1, 0.15) is 5.75 Å². The van der Waals surface area contributed by atoms with Crippen LogP contribution < -0.4 is 4.74 Å². The van der Waals surface area contributed by atoms with Crippen LogP contribution in [0, 0.1) is 10.1 Å². The van der Waals surface area contributed by atoms with Crippen molar-refractivity contribution in [2.24, 2.45) is 0 Å². The summed E-state index contributed by atoms with van der Waals surface area (Å²) >= 11 is 0. The van der Waals surface area contributed by atoms with E-state index < -0.39 is 17.0 Å². The predicted octanol–water partition coefficient (Wildman–Crippen LogP) is 3.42. The molecule has 0 aliphatic carbocycles. The van der Waals surface area contributed by atoms with Crippen molar-refractivity contribution in [3.8, 4) is 5.75 Å². The quantitative estimate of drug-likeness (QED) is 0.331. The molecule has 0 spiro atoms. The van der Waals surface area contributed by atoms with Crippen molar-refractivity contribution in [3.63, 3.8) is 0 Å². The molecule has 0 saturated carbocycles. The number of ether oxygens (including phenoxy) is 2. The number of ketones is 1. The Morgan fingerprint density at radius 3 is 2.12 bits per heavy atom. The van der Waals surface area contributed by atoms with Gasteiger partial charge in [0.2, 0.25) is 5.78 Å². The number of Topliss-reactive ketones (excluding diaryl/α,β-unsaturated/α-hetero) is 1. The lowest BCUT2D eigenvalue weighted by Gasteiger charge is -2.12. The number of benzene rings is 2. The van der Waals surface area contributed by atoms with Crippen LogP contribution in [0.15, 0.2) is 48.5 Å². The Morgan fingerprint density at radius 1 is 1.04 bits per heavy atom. The molecule has 0 aromatic heterocycles. The number of nitro benzene ring substituents is 1. The van der Waals surface area contributed by atoms with E-state index in [0.29, 0.717) is 17.9 Å². The average molecular weight is 343 g/mol. The molecule has 0 saturated heterocycles. The molecule has 0 heterocycles. The summed E-state index contributed by atoms with van der Waals surface area (Å²) < 4.78 is 10.4. The fraction of sp³-hybridized carbons (Fsp3) is 0.222. The highest BCUT2D eigenvalue weighted by Crippen LogP contribution is 2.16. The Bertz CT molecular complexity index is 767. The Balaban J connectivity index is 2.02. The zero-order valence-electron chi connectivity index (χ0n) is 13.8. The van der Waals surface area contributed by atoms with Crippen LogP contribution in [-0.2, 0) is 4.74 Å². The highest BCUT2D eigenvalue weighted by atomic mass is 16.6. The maximum atomic E-state index is 12.3. The third kappa shape index (κ3) is 4.63. The van der Waals surface area contributed by atoms with Crippen LogP contribution in [0.3, 0.4) is 0 Å². The summed E-state index contributed by atoms with van der Waals surface area (Å²) in [7, 11) is 0. The van der Waals surface area contributed by atoms with Gasteiger partial charge in [0.25, 0.3) is 5.69 Å². The minimum Gasteiger partial charge on any atom is -0.494 e. The number of carbonyl (C=O) groups is 2. The van der Waals surface area contributed by atoms with E-state index in [1.54, 1.807) is 24.3 Å². The fourth-order valence-electron chi connectivity index (χ4n) is 2.12. The second kappa shape index (κ2) is 8.05. The van der Waals surface area contributed by atoms with Gasteiger partial charge >= 0.3 is 5.97 Å². The first kappa shape index (κ1) is 18.1. The topological polar surface area (TPSA) is 95.7 Å². The maximum Gasteiger partial charge on any atom is 0.338 e. The van der Waals surface area contributed by atoms with E-state index in [4.69, 9.17) is 9.47 Å². The van der Waals surface area contributed by atoms with Gasteiger partial charge in [-0.3, -0.25) is 14.9 Å². The highest BCUT2D eigenvalue weighted by molar-refractivity contribution is 6.01. The van der Waals surface area contributed by atoms with Crippen molar-refractivity contribution < 1.29 is 24.0 Å². The normalized spacial score (nSPS) is 11.4. The van der Waals surface area contributed by atoms with Gasteiger partial charge in [-0.25, -0.2) is 4.79 Å². The molecular weight excluding hydrogens is 326 g/mol. The number of nitro groups is 1. The Morgan fingerprint density at radius 2 is 1.60 bits per heavy atom. The lowest BCUT2D eigenvalue weighted by molar-refractivity contribution is -0.384. The molecule has 2 aromatic rings. The van der Waals surface area contributed by atoms with Crippen LogP contribution in [-0.4, -0.2) is 29.4 Å². The van der Waals surface area contributed by atoms with E-state index >= 15 is 0 Å². The molecule has 0 radical (unpaired) electrons. The summed E-state index contributed by atoms with van der Waals surface area (Å²) in [4.78, 5) is 34.4. The SMILES string of the molecule is CCOc1ccc(C(=O)[C@@H](C)OC(=O)c2ccc([N+](=O)[O-])cc2)cc1. The highest BCUT2D eigenvalue weighted by Gasteiger charge is 2.21. The van der Waals surface area contributed by atoms with Gasteiger partial charge in [-0.2, -0.15) is 0 Å². The average Bonchev–Trinajstić information content (AvgIpc) is 2.62. The number of carbonyl (C=O) groups excluding carboxylic acids is 2. The fourth-order valence-corrected chi connectivity index (χ4v) is 2.12. The molecule has 0 unspecified atom stereocenters. The summed E-state index contributed by atoms with van der Waals surface area (Å²) in [6, 6.07) is 11.5. The Hall–Kier alpha value is -3.22. The lowest BCUT2D eigenvalue weighted by atomic mass is 10.1. The summed E-state index contributed by atoms with van der Waals surface area (Å²) in [6.07, 6.45) is -0.986. The molecule has 0 N–H and O–H groups in total. The van der Waals surface area contributed by atoms with Crippen molar-refractivity contribution >= 4 is 17.4 Å². The smallest absolute Gasteiger partial charge is 0.338 e. The van der Waals surface area contributed by atoms with Crippen LogP contribution in [0.2, 0.25) is 0 Å². The third-order valence-corrected chi connectivity index (χ3v) is 3.42. The van der Waals surface area contributed by atoms with Gasteiger partial charge in [0.15, 0.2) is 6.10 Å². The van der Waals surface area contributed by atoms with E-state index in [-0.39, 0.29) is 17.0 Å². The molecule has 130 valence electrons. The molecule has 0 bridgehead atoms. The summed E-state index contributed by atoms with van der Waals surface area (Å²) in [5.74, 6) is -0.422. The standard InChI is InChI=1S/C18H17NO6/c1-3-24-16-10-6-13(7-11-16)17(20)12(2)25-18(21)14-4-8-15(9-5-14)19(22)23/h4-12H,3H2,1-2H3/t12-/m1/s1. The van der Waals surface area contributed by atoms with E-state index in [0.717, 1.165) is 0 Å². The van der Waals surface area contributed by atoms with Crippen LogP contribution >= 0.6 is 0 Å². The molecule has 1 atom stereocenters. The summed E-state index contributed by atoms with van der Waals surface area (Å²) in [6.45, 7) is 3.86. The molecular formula is C18H17NO6. The predicted molar refractivity (Wildman–Crippen MR) is 89.9 cm³/mol. The molecule has 7 nitrogen and oxygen atoms in total. The lowest BCUT2D eigenvalue weighted by Crippen LogP contribution is -2.24. The monoisotopic (exact) mass is 343 g/mol. The number of hydrogen-bond acceptors (Lipinski definition) is 6. The Labute approximate surface area is 144 Å². The number of non-ortho nitro benzene ring substituents is 1. The van der Waals surface area contributed by atoms with Crippen LogP contribution in [0.5, 0.6) is 5.75 Å². The molecule has 0 amide bonds. The first-order valence-corrected chi connectivity index (χ1v) is 7.65. The minimum atomic E-state index is -0.986. The third-order valence-electron chi connectivity index (χ3n) is 3.42. The molecule has 0 fully saturated rings. The zero-order chi connectivity index (χ0) is 18.4. The second-order valence-corrected chi connectivity index (χ2v) is 5.17. The van der Waals surface area contributed by atoms with E-state index in [9.17, 15) is 19.7 Å². The molecule has 2 aromatic carbocycles. The minimum absolute atomic E-state index is 0.130. The first-order valence-electron chi connectivity index (χ1n) is 7.65. The molecule has 7 heteroatoms. The van der Waals surface area contributed by atoms with Crippen molar-refractivity contribution in [1.82, 2.24) is 0 Å². The van der Waals surface area contributed by atoms with Gasteiger partial charge in [-0.15, -0.1) is 0 Å². The van der Waals surface area contributed by atoms with Crippen molar-refractivity contribution in [2.45, 2.75) is 20.0 Å². The van der Waals surface area contributed by atoms with Crippen molar-refractivity contribution in [3.05, 3.63) is 69.8 Å². The van der Waals surface area contributed by atoms with E-state index in [1.165, 1.54) is 31.2 Å². The molecule has 25 heavy (non-hydrogen) atoms. The number of rotatable bonds is 7. The van der Waals surface area contributed by atoms with Crippen molar-refractivity contribution in [2.75, 3.05) is 6.61 Å². The van der Waals surface area contributed by atoms with E-state index in [2.05, 4.69) is 0 Å². The van der Waals surface area contributed by atoms with Crippen LogP contribution in [0.4, 0.5) is 5.69 Å². The number of esters is 1. The Kier molecular flexibility index (Phi) is 5.84. The van der Waals surface area contributed by atoms with Gasteiger partial charge < -0.3 is 9.47 Å². The second-order valence-electron chi connectivity index (χ2n) is 5.17. The van der Waals surface area contributed by atoms with Gasteiger partial charge in [-0.05, 0) is 50.2 Å². The number of hydrogen-bond donors (Lipinski definition) is 0. The summed E-state index contributed by atoms with van der Waals surface area (Å²) in [5.41, 5.74) is 0.402. The zero-order valence-corrected chi connectivity index (χ0v) is 13.8. The summed E-state index contributed by atoms with van der Waals surface area (Å²) in [5, 5.41) is 10.6. The van der Waals surface area contributed by atoms with Gasteiger partial charge in [-0.1, -0.05) is 0 Å². The van der Waals surface area contributed by atoms with E-state index in [1.807, 2.05) is 6.92 Å². The first-order chi connectivity index (χ1) is 11.9. The van der Waals surface area contributed by atoms with Gasteiger partial charge in [0.05, 0.1) is 17.1 Å². The van der Waals surface area contributed by atoms with Crippen LogP contribution in [0.1, 0.15) is 34.6 Å². The molecule has 2 rings (SSSR count). The molecule has 0 aliphatic rings. The number of nitrogens with zero attached hydrogens (tertiary/aromatic N) is 1. The van der Waals surface area contributed by atoms with Crippen molar-refractivity contribution in [1.29, 1.82) is 0 Å². The maximum absolute atomic E-state index is 12.3. The van der Waals surface area contributed by atoms with Crippen LogP contribution in [0.25, 0.3) is 0 Å². The van der Waals surface area contributed by atoms with Gasteiger partial charge in [0, 0.05) is 17.7 Å². The largest absolute Gasteiger partial charge is 0.494 e.